The van der Waals surface area contributed by atoms with Crippen molar-refractivity contribution >= 4 is 17.4 Å². The van der Waals surface area contributed by atoms with Gasteiger partial charge < -0.3 is 24.2 Å². The monoisotopic (exact) mass is 447 g/mol. The van der Waals surface area contributed by atoms with Gasteiger partial charge in [0.25, 0.3) is 5.91 Å². The molecule has 1 aromatic heterocycles. The number of ether oxygens (including phenoxy) is 2. The number of rotatable bonds is 6. The quantitative estimate of drug-likeness (QED) is 0.579. The predicted octanol–water partition coefficient (Wildman–Crippen LogP) is 3.06. The number of aromatic nitrogens is 2. The summed E-state index contributed by atoms with van der Waals surface area (Å²) in [5, 5.41) is 4.78. The first-order valence-corrected chi connectivity index (χ1v) is 11.3. The maximum absolute atomic E-state index is 13.6. The largest absolute Gasteiger partial charge is 0.497 e. The van der Waals surface area contributed by atoms with Gasteiger partial charge in [-0.2, -0.15) is 0 Å². The number of nitrogens with zero attached hydrogens (tertiary/aromatic N) is 5. The fourth-order valence-corrected chi connectivity index (χ4v) is 4.29. The van der Waals surface area contributed by atoms with Crippen molar-refractivity contribution in [2.75, 3.05) is 63.3 Å². The smallest absolute Gasteiger partial charge is 0.272 e. The number of benzene rings is 2. The van der Waals surface area contributed by atoms with Crippen LogP contribution in [0.4, 0.5) is 11.5 Å². The zero-order valence-electron chi connectivity index (χ0n) is 19.1. The molecule has 3 aromatic rings. The third-order valence-corrected chi connectivity index (χ3v) is 6.36. The normalized spacial score (nSPS) is 15.9. The fourth-order valence-electron chi connectivity index (χ4n) is 4.29. The summed E-state index contributed by atoms with van der Waals surface area (Å²) in [6.07, 6.45) is 1.17. The number of amides is 1. The lowest BCUT2D eigenvalue weighted by atomic mass is 10.2. The Kier molecular flexibility index (Phi) is 5.81. The van der Waals surface area contributed by atoms with Crippen molar-refractivity contribution in [3.63, 3.8) is 0 Å². The topological polar surface area (TPSA) is 63.1 Å². The number of anilines is 2. The third-order valence-electron chi connectivity index (χ3n) is 6.36. The number of hydrogen-bond acceptors (Lipinski definition) is 6. The van der Waals surface area contributed by atoms with Crippen LogP contribution in [-0.4, -0.2) is 74.1 Å². The Labute approximate surface area is 193 Å². The van der Waals surface area contributed by atoms with Crippen LogP contribution in [0.2, 0.25) is 0 Å². The summed E-state index contributed by atoms with van der Waals surface area (Å²) in [6, 6.07) is 17.7. The Morgan fingerprint density at radius 2 is 1.45 bits per heavy atom. The van der Waals surface area contributed by atoms with Crippen LogP contribution < -0.4 is 19.3 Å². The molecule has 2 fully saturated rings. The Balaban J connectivity index is 1.35. The van der Waals surface area contributed by atoms with Gasteiger partial charge in [0.2, 0.25) is 0 Å². The molecule has 1 amide bonds. The minimum Gasteiger partial charge on any atom is -0.497 e. The molecule has 0 aliphatic carbocycles. The molecule has 2 aliphatic heterocycles. The van der Waals surface area contributed by atoms with Gasteiger partial charge in [-0.25, -0.2) is 4.68 Å². The lowest BCUT2D eigenvalue weighted by molar-refractivity contribution is 0.0737. The van der Waals surface area contributed by atoms with Gasteiger partial charge in [0.15, 0.2) is 5.82 Å². The van der Waals surface area contributed by atoms with Crippen LogP contribution in [0.1, 0.15) is 16.9 Å². The second-order valence-electron chi connectivity index (χ2n) is 8.33. The first-order valence-electron chi connectivity index (χ1n) is 11.3. The van der Waals surface area contributed by atoms with E-state index in [1.54, 1.807) is 18.9 Å². The summed E-state index contributed by atoms with van der Waals surface area (Å²) in [7, 11) is 3.30. The molecule has 8 nitrogen and oxygen atoms in total. The maximum atomic E-state index is 13.6. The van der Waals surface area contributed by atoms with E-state index in [1.165, 1.54) is 6.42 Å². The molecule has 0 saturated carbocycles. The Bertz CT molecular complexity index is 1100. The molecule has 0 spiro atoms. The molecule has 5 rings (SSSR count). The standard InChI is InChI=1S/C25H29N5O3/c1-32-21-15-20(16-22(17-21)33-2)27-11-13-29(14-12-27)25(31)23-18-24(28-9-6-10-28)26-30(23)19-7-4-3-5-8-19/h3-5,7-8,15-18H,6,9-14H2,1-2H3. The maximum Gasteiger partial charge on any atom is 0.272 e. The molecular formula is C25H29N5O3. The van der Waals surface area contributed by atoms with E-state index in [0.29, 0.717) is 18.8 Å². The lowest BCUT2D eigenvalue weighted by Gasteiger charge is -2.36. The van der Waals surface area contributed by atoms with E-state index in [-0.39, 0.29) is 5.91 Å². The first-order chi connectivity index (χ1) is 16.2. The Morgan fingerprint density at radius 3 is 2.03 bits per heavy atom. The number of para-hydroxylation sites is 1. The van der Waals surface area contributed by atoms with Crippen LogP contribution in [0.15, 0.2) is 54.6 Å². The van der Waals surface area contributed by atoms with Crippen molar-refractivity contribution < 1.29 is 14.3 Å². The van der Waals surface area contributed by atoms with Gasteiger partial charge in [-0.1, -0.05) is 18.2 Å². The highest BCUT2D eigenvalue weighted by molar-refractivity contribution is 5.94. The summed E-state index contributed by atoms with van der Waals surface area (Å²) < 4.78 is 12.6. The highest BCUT2D eigenvalue weighted by Crippen LogP contribution is 2.29. The van der Waals surface area contributed by atoms with Crippen LogP contribution in [0.25, 0.3) is 5.69 Å². The molecular weight excluding hydrogens is 418 g/mol. The molecule has 172 valence electrons. The van der Waals surface area contributed by atoms with Crippen molar-refractivity contribution in [3.8, 4) is 17.2 Å². The van der Waals surface area contributed by atoms with E-state index in [4.69, 9.17) is 14.6 Å². The highest BCUT2D eigenvalue weighted by atomic mass is 16.5. The molecule has 2 aliphatic rings. The second kappa shape index (κ2) is 9.05. The average Bonchev–Trinajstić information content (AvgIpc) is 3.27. The van der Waals surface area contributed by atoms with Crippen LogP contribution in [-0.2, 0) is 0 Å². The van der Waals surface area contributed by atoms with Gasteiger partial charge in [0, 0.05) is 69.2 Å². The van der Waals surface area contributed by atoms with Crippen molar-refractivity contribution in [1.82, 2.24) is 14.7 Å². The third kappa shape index (κ3) is 4.20. The summed E-state index contributed by atoms with van der Waals surface area (Å²) >= 11 is 0. The van der Waals surface area contributed by atoms with Gasteiger partial charge in [0.1, 0.15) is 17.2 Å². The summed E-state index contributed by atoms with van der Waals surface area (Å²) in [4.78, 5) is 20.0. The molecule has 2 saturated heterocycles. The van der Waals surface area contributed by atoms with Gasteiger partial charge in [0.05, 0.1) is 19.9 Å². The number of piperazine rings is 1. The van der Waals surface area contributed by atoms with Crippen molar-refractivity contribution in [2.24, 2.45) is 0 Å². The Hall–Kier alpha value is -3.68. The van der Waals surface area contributed by atoms with Gasteiger partial charge >= 0.3 is 0 Å². The average molecular weight is 448 g/mol. The number of carbonyl (C=O) groups is 1. The predicted molar refractivity (Wildman–Crippen MR) is 128 cm³/mol. The zero-order chi connectivity index (χ0) is 22.8. The summed E-state index contributed by atoms with van der Waals surface area (Å²) in [5.41, 5.74) is 2.54. The van der Waals surface area contributed by atoms with Crippen LogP contribution >= 0.6 is 0 Å². The van der Waals surface area contributed by atoms with Gasteiger partial charge in [-0.3, -0.25) is 4.79 Å². The minimum atomic E-state index is 0.0148. The van der Waals surface area contributed by atoms with Crippen LogP contribution in [0, 0.1) is 0 Å². The molecule has 0 N–H and O–H groups in total. The van der Waals surface area contributed by atoms with Crippen LogP contribution in [0.3, 0.4) is 0 Å². The van der Waals surface area contributed by atoms with E-state index in [9.17, 15) is 4.79 Å². The molecule has 2 aromatic carbocycles. The molecule has 0 bridgehead atoms. The van der Waals surface area contributed by atoms with E-state index >= 15 is 0 Å². The summed E-state index contributed by atoms with van der Waals surface area (Å²) in [5.74, 6) is 2.40. The molecule has 0 unspecified atom stereocenters. The van der Waals surface area contributed by atoms with Gasteiger partial charge in [-0.15, -0.1) is 5.10 Å². The lowest BCUT2D eigenvalue weighted by Crippen LogP contribution is -2.49. The van der Waals surface area contributed by atoms with E-state index < -0.39 is 0 Å². The highest BCUT2D eigenvalue weighted by Gasteiger charge is 2.28. The number of methoxy groups -OCH3 is 2. The van der Waals surface area contributed by atoms with Crippen LogP contribution in [0.5, 0.6) is 11.5 Å². The minimum absolute atomic E-state index is 0.0148. The van der Waals surface area contributed by atoms with Crippen molar-refractivity contribution in [3.05, 3.63) is 60.3 Å². The fraction of sp³-hybridized carbons (Fsp3) is 0.360. The zero-order valence-corrected chi connectivity index (χ0v) is 19.1. The number of carbonyl (C=O) groups excluding carboxylic acids is 1. The molecule has 3 heterocycles. The van der Waals surface area contributed by atoms with E-state index in [2.05, 4.69) is 9.80 Å². The second-order valence-corrected chi connectivity index (χ2v) is 8.33. The number of hydrogen-bond donors (Lipinski definition) is 0. The Morgan fingerprint density at radius 1 is 0.788 bits per heavy atom. The molecule has 33 heavy (non-hydrogen) atoms. The molecule has 8 heteroatoms. The van der Waals surface area contributed by atoms with E-state index in [0.717, 1.165) is 54.9 Å². The summed E-state index contributed by atoms with van der Waals surface area (Å²) in [6.45, 7) is 4.72. The van der Waals surface area contributed by atoms with Gasteiger partial charge in [-0.05, 0) is 18.6 Å². The van der Waals surface area contributed by atoms with Crippen molar-refractivity contribution in [2.45, 2.75) is 6.42 Å². The first kappa shape index (κ1) is 21.2. The molecule has 0 atom stereocenters. The SMILES string of the molecule is COc1cc(OC)cc(N2CCN(C(=O)c3cc(N4CCC4)nn3-c3ccccc3)CC2)c1. The van der Waals surface area contributed by atoms with Crippen molar-refractivity contribution in [1.29, 1.82) is 0 Å². The van der Waals surface area contributed by atoms with E-state index in [1.807, 2.05) is 59.5 Å². The molecule has 0 radical (unpaired) electrons.